The molecule has 168 valence electrons. The maximum Gasteiger partial charge on any atom is 0.223 e. The first-order valence-corrected chi connectivity index (χ1v) is 12.7. The molecule has 3 heterocycles. The molecule has 4 rings (SSSR count). The van der Waals surface area contributed by atoms with Gasteiger partial charge in [-0.1, -0.05) is 18.9 Å². The van der Waals surface area contributed by atoms with Crippen LogP contribution in [0.3, 0.4) is 0 Å². The van der Waals surface area contributed by atoms with E-state index in [9.17, 15) is 9.18 Å². The van der Waals surface area contributed by atoms with Crippen molar-refractivity contribution in [2.45, 2.75) is 51.6 Å². The molecule has 2 aromatic rings. The molecule has 2 aliphatic rings. The Balaban J connectivity index is 1.63. The standard InChI is InChI=1S/C22H30FN5OS2/c1-13-11-28(30-5)9-6-17(13)25-21-24-10-16(23)18(26-21)19-14(2)15(3)20(31-19)22(7-8-22)27(4)12-29/h10,12-13,17H,6-9,11H2,1-5H3,(H,24,25,26). The van der Waals surface area contributed by atoms with Crippen molar-refractivity contribution in [3.05, 3.63) is 28.0 Å². The summed E-state index contributed by atoms with van der Waals surface area (Å²) in [5.74, 6) is 0.508. The van der Waals surface area contributed by atoms with Crippen LogP contribution in [-0.4, -0.2) is 58.0 Å². The number of thiophene rings is 1. The Kier molecular flexibility index (Phi) is 6.29. The molecule has 1 N–H and O–H groups in total. The molecule has 1 aliphatic carbocycles. The van der Waals surface area contributed by atoms with E-state index in [0.29, 0.717) is 17.6 Å². The summed E-state index contributed by atoms with van der Waals surface area (Å²) in [6.07, 6.45) is 7.14. The minimum absolute atomic E-state index is 0.245. The van der Waals surface area contributed by atoms with Crippen LogP contribution in [0.25, 0.3) is 10.6 Å². The monoisotopic (exact) mass is 463 g/mol. The predicted molar refractivity (Wildman–Crippen MR) is 126 cm³/mol. The van der Waals surface area contributed by atoms with Crippen LogP contribution < -0.4 is 5.32 Å². The Morgan fingerprint density at radius 3 is 2.74 bits per heavy atom. The van der Waals surface area contributed by atoms with E-state index >= 15 is 0 Å². The number of nitrogens with zero attached hydrogens (tertiary/aromatic N) is 4. The quantitative estimate of drug-likeness (QED) is 0.484. The van der Waals surface area contributed by atoms with Crippen molar-refractivity contribution in [1.29, 1.82) is 0 Å². The van der Waals surface area contributed by atoms with Crippen LogP contribution in [0.2, 0.25) is 0 Å². The SMILES string of the molecule is CSN1CCC(Nc2ncc(F)c(-c3sc(C4(N(C)C=O)CC4)c(C)c3C)n2)C(C)C1. The number of amides is 1. The Bertz CT molecular complexity index is 977. The lowest BCUT2D eigenvalue weighted by atomic mass is 9.95. The van der Waals surface area contributed by atoms with Gasteiger partial charge in [0.05, 0.1) is 16.6 Å². The van der Waals surface area contributed by atoms with E-state index in [1.165, 1.54) is 6.20 Å². The average Bonchev–Trinajstić information content (AvgIpc) is 3.52. The first-order chi connectivity index (χ1) is 14.8. The molecule has 6 nitrogen and oxygen atoms in total. The second-order valence-electron chi connectivity index (χ2n) is 8.74. The van der Waals surface area contributed by atoms with Gasteiger partial charge in [0.1, 0.15) is 5.69 Å². The Hall–Kier alpha value is -1.71. The number of halogens is 1. The molecular weight excluding hydrogens is 433 g/mol. The molecule has 2 aromatic heterocycles. The number of rotatable bonds is 7. The number of hydrogen-bond acceptors (Lipinski definition) is 7. The zero-order chi connectivity index (χ0) is 22.3. The third-order valence-corrected chi connectivity index (χ3v) is 9.27. The summed E-state index contributed by atoms with van der Waals surface area (Å²) in [4.78, 5) is 24.0. The normalized spacial score (nSPS) is 22.9. The molecule has 2 atom stereocenters. The molecule has 9 heteroatoms. The molecule has 1 saturated carbocycles. The zero-order valence-corrected chi connectivity index (χ0v) is 20.4. The van der Waals surface area contributed by atoms with E-state index in [2.05, 4.69) is 39.7 Å². The van der Waals surface area contributed by atoms with Gasteiger partial charge >= 0.3 is 0 Å². The fourth-order valence-electron chi connectivity index (χ4n) is 4.47. The number of aromatic nitrogens is 2. The third kappa shape index (κ3) is 4.07. The minimum Gasteiger partial charge on any atom is -0.351 e. The van der Waals surface area contributed by atoms with Gasteiger partial charge in [-0.3, -0.25) is 9.10 Å². The van der Waals surface area contributed by atoms with Gasteiger partial charge in [0.15, 0.2) is 5.82 Å². The van der Waals surface area contributed by atoms with E-state index in [1.54, 1.807) is 28.2 Å². The van der Waals surface area contributed by atoms with E-state index in [-0.39, 0.29) is 11.6 Å². The van der Waals surface area contributed by atoms with Crippen molar-refractivity contribution >= 4 is 35.6 Å². The van der Waals surface area contributed by atoms with Crippen molar-refractivity contribution in [3.8, 4) is 10.6 Å². The van der Waals surface area contributed by atoms with E-state index in [1.807, 2.05) is 14.0 Å². The summed E-state index contributed by atoms with van der Waals surface area (Å²) >= 11 is 3.33. The highest BCUT2D eigenvalue weighted by molar-refractivity contribution is 7.96. The van der Waals surface area contributed by atoms with Crippen LogP contribution in [0.4, 0.5) is 10.3 Å². The largest absolute Gasteiger partial charge is 0.351 e. The predicted octanol–water partition coefficient (Wildman–Crippen LogP) is 4.44. The topological polar surface area (TPSA) is 61.4 Å². The summed E-state index contributed by atoms with van der Waals surface area (Å²) in [5, 5.41) is 3.45. The van der Waals surface area contributed by atoms with Crippen LogP contribution in [0.5, 0.6) is 0 Å². The molecule has 1 saturated heterocycles. The fourth-order valence-corrected chi connectivity index (χ4v) is 6.74. The lowest BCUT2D eigenvalue weighted by molar-refractivity contribution is -0.119. The summed E-state index contributed by atoms with van der Waals surface area (Å²) < 4.78 is 17.2. The van der Waals surface area contributed by atoms with E-state index < -0.39 is 5.82 Å². The smallest absolute Gasteiger partial charge is 0.223 e. The average molecular weight is 464 g/mol. The number of nitrogens with one attached hydrogen (secondary N) is 1. The van der Waals surface area contributed by atoms with E-state index in [4.69, 9.17) is 0 Å². The molecule has 31 heavy (non-hydrogen) atoms. The fraction of sp³-hybridized carbons (Fsp3) is 0.591. The summed E-state index contributed by atoms with van der Waals surface area (Å²) in [7, 11) is 1.82. The van der Waals surface area contributed by atoms with Crippen LogP contribution in [0.15, 0.2) is 6.20 Å². The lowest BCUT2D eigenvalue weighted by Gasteiger charge is -2.35. The summed E-state index contributed by atoms with van der Waals surface area (Å²) in [6, 6.07) is 0.263. The molecule has 0 aromatic carbocycles. The maximum atomic E-state index is 14.8. The van der Waals surface area contributed by atoms with Gasteiger partial charge in [0.2, 0.25) is 12.4 Å². The second kappa shape index (κ2) is 8.67. The molecule has 0 radical (unpaired) electrons. The van der Waals surface area contributed by atoms with Crippen LogP contribution >= 0.6 is 23.3 Å². The Morgan fingerprint density at radius 1 is 1.39 bits per heavy atom. The van der Waals surface area contributed by atoms with Gasteiger partial charge in [0, 0.05) is 31.1 Å². The Morgan fingerprint density at radius 2 is 2.13 bits per heavy atom. The highest BCUT2D eigenvalue weighted by Crippen LogP contribution is 2.55. The number of hydrogen-bond donors (Lipinski definition) is 1. The number of carbonyl (C=O) groups excluding carboxylic acids is 1. The molecule has 2 fully saturated rings. The van der Waals surface area contributed by atoms with Crippen LogP contribution in [-0.2, 0) is 10.3 Å². The number of carbonyl (C=O) groups is 1. The minimum atomic E-state index is -0.416. The third-order valence-electron chi connectivity index (χ3n) is 6.83. The zero-order valence-electron chi connectivity index (χ0n) is 18.7. The number of piperidine rings is 1. The molecular formula is C22H30FN5OS2. The van der Waals surface area contributed by atoms with Gasteiger partial charge in [-0.15, -0.1) is 11.3 Å². The number of anilines is 1. The summed E-state index contributed by atoms with van der Waals surface area (Å²) in [5.41, 5.74) is 2.24. The first kappa shape index (κ1) is 22.5. The van der Waals surface area contributed by atoms with Crippen LogP contribution in [0, 0.1) is 25.6 Å². The van der Waals surface area contributed by atoms with Gasteiger partial charge < -0.3 is 10.2 Å². The van der Waals surface area contributed by atoms with Crippen molar-refractivity contribution in [1.82, 2.24) is 19.2 Å². The van der Waals surface area contributed by atoms with Gasteiger partial charge in [-0.2, -0.15) is 0 Å². The molecule has 1 aliphatic heterocycles. The summed E-state index contributed by atoms with van der Waals surface area (Å²) in [6.45, 7) is 8.31. The van der Waals surface area contributed by atoms with E-state index in [0.717, 1.165) is 59.6 Å². The van der Waals surface area contributed by atoms with Crippen molar-refractivity contribution in [2.24, 2.45) is 5.92 Å². The maximum absolute atomic E-state index is 14.8. The van der Waals surface area contributed by atoms with Gasteiger partial charge in [0.25, 0.3) is 0 Å². The first-order valence-electron chi connectivity index (χ1n) is 10.7. The van der Waals surface area contributed by atoms with Crippen molar-refractivity contribution in [2.75, 3.05) is 31.7 Å². The highest BCUT2D eigenvalue weighted by atomic mass is 32.2. The second-order valence-corrected chi connectivity index (χ2v) is 10.6. The van der Waals surface area contributed by atoms with Crippen molar-refractivity contribution in [3.63, 3.8) is 0 Å². The molecule has 0 bridgehead atoms. The molecule has 2 unspecified atom stereocenters. The van der Waals surface area contributed by atoms with Gasteiger partial charge in [-0.05, 0) is 56.4 Å². The highest BCUT2D eigenvalue weighted by Gasteiger charge is 2.50. The Labute approximate surface area is 191 Å². The molecule has 0 spiro atoms. The lowest BCUT2D eigenvalue weighted by Crippen LogP contribution is -2.42. The van der Waals surface area contributed by atoms with Gasteiger partial charge in [-0.25, -0.2) is 14.4 Å². The molecule has 1 amide bonds. The van der Waals surface area contributed by atoms with Crippen LogP contribution in [0.1, 0.15) is 42.2 Å². The van der Waals surface area contributed by atoms with Crippen molar-refractivity contribution < 1.29 is 9.18 Å².